The van der Waals surface area contributed by atoms with E-state index in [1.165, 1.54) is 16.8 Å². The molecular weight excluding hydrogens is 348 g/mol. The van der Waals surface area contributed by atoms with E-state index in [1.54, 1.807) is 0 Å². The molecule has 3 aromatic carbocycles. The van der Waals surface area contributed by atoms with Crippen LogP contribution >= 0.6 is 0 Å². The van der Waals surface area contributed by atoms with E-state index in [0.717, 1.165) is 18.5 Å². The maximum Gasteiger partial charge on any atom is 0.263 e. The Labute approximate surface area is 165 Å². The van der Waals surface area contributed by atoms with Crippen molar-refractivity contribution in [2.24, 2.45) is 5.73 Å². The predicted molar refractivity (Wildman–Crippen MR) is 112 cm³/mol. The highest BCUT2D eigenvalue weighted by molar-refractivity contribution is 5.80. The monoisotopic (exact) mass is 372 g/mol. The first-order valence-electron chi connectivity index (χ1n) is 9.54. The molecule has 28 heavy (non-hydrogen) atoms. The van der Waals surface area contributed by atoms with Gasteiger partial charge in [0.15, 0.2) is 0 Å². The van der Waals surface area contributed by atoms with Crippen LogP contribution in [-0.4, -0.2) is 19.5 Å². The fourth-order valence-corrected chi connectivity index (χ4v) is 3.91. The number of nitrogens with two attached hydrogens (primary N) is 1. The molecule has 0 aromatic heterocycles. The largest absolute Gasteiger partial charge is 0.476 e. The minimum Gasteiger partial charge on any atom is -0.476 e. The fourth-order valence-electron chi connectivity index (χ4n) is 3.91. The Morgan fingerprint density at radius 2 is 1.68 bits per heavy atom. The van der Waals surface area contributed by atoms with Crippen molar-refractivity contribution in [1.29, 1.82) is 0 Å². The summed E-state index contributed by atoms with van der Waals surface area (Å²) in [5.41, 5.74) is 10.2. The summed E-state index contributed by atoms with van der Waals surface area (Å²) in [6.07, 6.45) is 0.276. The molecule has 1 amide bonds. The third-order valence-corrected chi connectivity index (χ3v) is 5.37. The first-order chi connectivity index (χ1) is 13.6. The van der Waals surface area contributed by atoms with Gasteiger partial charge in [0.25, 0.3) is 5.91 Å². The Hall–Kier alpha value is -3.27. The van der Waals surface area contributed by atoms with Crippen LogP contribution in [0.3, 0.4) is 0 Å². The average Bonchev–Trinajstić information content (AvgIpc) is 2.73. The summed E-state index contributed by atoms with van der Waals surface area (Å²) >= 11 is 0. The van der Waals surface area contributed by atoms with E-state index in [1.807, 2.05) is 42.5 Å². The normalized spacial score (nSPS) is 16.9. The molecule has 2 N–H and O–H groups in total. The van der Waals surface area contributed by atoms with Gasteiger partial charge in [-0.05, 0) is 35.7 Å². The highest BCUT2D eigenvalue weighted by atomic mass is 16.5. The number of para-hydroxylation sites is 1. The van der Waals surface area contributed by atoms with Crippen molar-refractivity contribution in [2.45, 2.75) is 18.4 Å². The fraction of sp³-hybridized carbons (Fsp3) is 0.208. The summed E-state index contributed by atoms with van der Waals surface area (Å²) < 4.78 is 5.91. The van der Waals surface area contributed by atoms with Crippen LogP contribution in [0, 0.1) is 0 Å². The first-order valence-corrected chi connectivity index (χ1v) is 9.54. The van der Waals surface area contributed by atoms with Crippen LogP contribution < -0.4 is 15.4 Å². The van der Waals surface area contributed by atoms with E-state index in [-0.39, 0.29) is 0 Å². The Balaban J connectivity index is 1.56. The molecule has 0 spiro atoms. The van der Waals surface area contributed by atoms with Gasteiger partial charge in [-0.2, -0.15) is 0 Å². The molecule has 4 rings (SSSR count). The van der Waals surface area contributed by atoms with Crippen molar-refractivity contribution < 1.29 is 9.53 Å². The van der Waals surface area contributed by atoms with Gasteiger partial charge < -0.3 is 15.4 Å². The number of hydrogen-bond donors (Lipinski definition) is 1. The van der Waals surface area contributed by atoms with Crippen molar-refractivity contribution in [2.75, 3.05) is 18.5 Å². The zero-order chi connectivity index (χ0) is 19.5. The summed E-state index contributed by atoms with van der Waals surface area (Å²) in [4.78, 5) is 14.2. The lowest BCUT2D eigenvalue weighted by atomic mass is 9.84. The molecule has 0 saturated carbocycles. The second kappa shape index (κ2) is 7.77. The number of ether oxygens (including phenoxy) is 1. The predicted octanol–water partition coefficient (Wildman–Crippen LogP) is 4.26. The maximum absolute atomic E-state index is 11.9. The highest BCUT2D eigenvalue weighted by Crippen LogP contribution is 2.39. The van der Waals surface area contributed by atoms with Crippen molar-refractivity contribution in [3.05, 3.63) is 95.6 Å². The van der Waals surface area contributed by atoms with Crippen LogP contribution in [0.25, 0.3) is 0 Å². The van der Waals surface area contributed by atoms with Gasteiger partial charge in [-0.3, -0.25) is 4.79 Å². The van der Waals surface area contributed by atoms with Crippen LogP contribution in [0.2, 0.25) is 0 Å². The molecule has 0 fully saturated rings. The molecule has 4 heteroatoms. The zero-order valence-corrected chi connectivity index (χ0v) is 15.9. The summed E-state index contributed by atoms with van der Waals surface area (Å²) in [7, 11) is 2.14. The molecule has 1 aliphatic rings. The van der Waals surface area contributed by atoms with Crippen LogP contribution in [0.15, 0.2) is 78.9 Å². The molecule has 3 aromatic rings. The lowest BCUT2D eigenvalue weighted by molar-refractivity contribution is -0.125. The van der Waals surface area contributed by atoms with E-state index in [0.29, 0.717) is 11.7 Å². The molecule has 0 bridgehead atoms. The third kappa shape index (κ3) is 3.58. The number of benzene rings is 3. The van der Waals surface area contributed by atoms with Crippen LogP contribution in [-0.2, 0) is 4.79 Å². The van der Waals surface area contributed by atoms with Crippen molar-refractivity contribution in [1.82, 2.24) is 0 Å². The lowest BCUT2D eigenvalue weighted by Crippen LogP contribution is -2.27. The third-order valence-electron chi connectivity index (χ3n) is 5.37. The topological polar surface area (TPSA) is 55.6 Å². The number of carbonyl (C=O) groups is 1. The molecule has 0 aliphatic carbocycles. The number of nitrogens with zero attached hydrogens (tertiary/aromatic N) is 1. The Kier molecular flexibility index (Phi) is 5.02. The number of fused-ring (bicyclic) bond motifs is 1. The minimum absolute atomic E-state index is 0.363. The van der Waals surface area contributed by atoms with Crippen molar-refractivity contribution >= 4 is 11.6 Å². The number of anilines is 1. The van der Waals surface area contributed by atoms with Crippen LogP contribution in [0.5, 0.6) is 5.75 Å². The molecule has 1 aliphatic heterocycles. The van der Waals surface area contributed by atoms with E-state index in [2.05, 4.69) is 48.3 Å². The molecule has 4 nitrogen and oxygen atoms in total. The van der Waals surface area contributed by atoms with Crippen LogP contribution in [0.4, 0.5) is 5.69 Å². The number of hydrogen-bond acceptors (Lipinski definition) is 3. The Bertz CT molecular complexity index is 954. The van der Waals surface area contributed by atoms with Gasteiger partial charge in [0, 0.05) is 30.8 Å². The van der Waals surface area contributed by atoms with E-state index >= 15 is 0 Å². The number of carbonyl (C=O) groups excluding carboxylic acids is 1. The maximum atomic E-state index is 11.9. The van der Waals surface area contributed by atoms with E-state index in [4.69, 9.17) is 10.5 Å². The molecule has 0 saturated heterocycles. The smallest absolute Gasteiger partial charge is 0.263 e. The average molecular weight is 372 g/mol. The molecule has 2 atom stereocenters. The molecule has 1 heterocycles. The second-order valence-electron chi connectivity index (χ2n) is 7.20. The quantitative estimate of drug-likeness (QED) is 0.728. The molecule has 0 radical (unpaired) electrons. The zero-order valence-electron chi connectivity index (χ0n) is 15.9. The molecule has 2 unspecified atom stereocenters. The van der Waals surface area contributed by atoms with Gasteiger partial charge in [-0.15, -0.1) is 0 Å². The second-order valence-corrected chi connectivity index (χ2v) is 7.20. The van der Waals surface area contributed by atoms with Crippen molar-refractivity contribution in [3.8, 4) is 5.75 Å². The van der Waals surface area contributed by atoms with Crippen molar-refractivity contribution in [3.63, 3.8) is 0 Å². The van der Waals surface area contributed by atoms with Gasteiger partial charge in [0.1, 0.15) is 5.75 Å². The van der Waals surface area contributed by atoms with E-state index in [9.17, 15) is 4.79 Å². The number of rotatable bonds is 5. The number of primary amides is 1. The Morgan fingerprint density at radius 1 is 1.00 bits per heavy atom. The summed E-state index contributed by atoms with van der Waals surface area (Å²) in [5, 5.41) is 0. The molecular formula is C24H24N2O2. The summed E-state index contributed by atoms with van der Waals surface area (Å²) in [5.74, 6) is 0.500. The van der Waals surface area contributed by atoms with Crippen LogP contribution in [0.1, 0.15) is 35.1 Å². The number of amides is 1. The lowest BCUT2D eigenvalue weighted by Gasteiger charge is -2.33. The minimum atomic E-state index is -0.795. The van der Waals surface area contributed by atoms with Gasteiger partial charge in [-0.1, -0.05) is 60.7 Å². The van der Waals surface area contributed by atoms with Gasteiger partial charge in [0.05, 0.1) is 0 Å². The highest BCUT2D eigenvalue weighted by Gasteiger charge is 2.24. The van der Waals surface area contributed by atoms with Gasteiger partial charge >= 0.3 is 0 Å². The Morgan fingerprint density at radius 3 is 2.39 bits per heavy atom. The van der Waals surface area contributed by atoms with Gasteiger partial charge in [-0.25, -0.2) is 0 Å². The summed E-state index contributed by atoms with van der Waals surface area (Å²) in [6, 6.07) is 25.9. The SMILES string of the molecule is CN1CCC(c2ccc(OC(C(N)=O)c3ccccc3)cc2)c2ccccc21. The van der Waals surface area contributed by atoms with Gasteiger partial charge in [0.2, 0.25) is 6.10 Å². The molecule has 142 valence electrons. The summed E-state index contributed by atoms with van der Waals surface area (Å²) in [6.45, 7) is 1.03. The van der Waals surface area contributed by atoms with E-state index < -0.39 is 12.0 Å². The first kappa shape index (κ1) is 18.1. The standard InChI is InChI=1S/C24H24N2O2/c1-26-16-15-20(21-9-5-6-10-22(21)26)17-11-13-19(14-12-17)28-23(24(25)27)18-7-3-2-4-8-18/h2-14,20,23H,15-16H2,1H3,(H2,25,27).